The highest BCUT2D eigenvalue weighted by Gasteiger charge is 2.12. The average Bonchev–Trinajstić information content (AvgIpc) is 2.48. The van der Waals surface area contributed by atoms with E-state index in [0.29, 0.717) is 17.3 Å². The summed E-state index contributed by atoms with van der Waals surface area (Å²) in [6.45, 7) is 5.65. The molecule has 0 radical (unpaired) electrons. The van der Waals surface area contributed by atoms with Gasteiger partial charge in [-0.2, -0.15) is 0 Å². The molecular formula is C18H19NO4. The largest absolute Gasteiger partial charge is 0.507 e. The number of hydrogen-bond acceptors (Lipinski definition) is 5. The van der Waals surface area contributed by atoms with Crippen LogP contribution in [0.2, 0.25) is 0 Å². The van der Waals surface area contributed by atoms with E-state index in [1.54, 1.807) is 43.3 Å². The zero-order valence-electron chi connectivity index (χ0n) is 13.3. The van der Waals surface area contributed by atoms with Crippen molar-refractivity contribution in [3.05, 3.63) is 54.1 Å². The summed E-state index contributed by atoms with van der Waals surface area (Å²) >= 11 is 0. The van der Waals surface area contributed by atoms with Crippen LogP contribution in [-0.2, 0) is 4.74 Å². The highest BCUT2D eigenvalue weighted by Crippen LogP contribution is 2.22. The van der Waals surface area contributed by atoms with E-state index in [4.69, 9.17) is 9.47 Å². The number of hydrogen-bond donors (Lipinski definition) is 1. The summed E-state index contributed by atoms with van der Waals surface area (Å²) in [7, 11) is 0. The molecule has 0 saturated carbocycles. The van der Waals surface area contributed by atoms with Gasteiger partial charge in [0.05, 0.1) is 11.8 Å². The Bertz CT molecular complexity index is 705. The van der Waals surface area contributed by atoms with Gasteiger partial charge >= 0.3 is 5.97 Å². The molecule has 0 unspecified atom stereocenters. The maximum absolute atomic E-state index is 12.0. The first-order chi connectivity index (χ1) is 11.0. The van der Waals surface area contributed by atoms with E-state index in [0.717, 1.165) is 0 Å². The number of rotatable bonds is 4. The Morgan fingerprint density at radius 1 is 1.09 bits per heavy atom. The molecule has 0 heterocycles. The zero-order valence-corrected chi connectivity index (χ0v) is 13.3. The maximum Gasteiger partial charge on any atom is 0.347 e. The molecule has 2 rings (SSSR count). The van der Waals surface area contributed by atoms with Crippen molar-refractivity contribution < 1.29 is 19.4 Å². The van der Waals surface area contributed by atoms with E-state index < -0.39 is 5.97 Å². The number of benzene rings is 2. The van der Waals surface area contributed by atoms with Gasteiger partial charge in [-0.3, -0.25) is 0 Å². The van der Waals surface area contributed by atoms with Gasteiger partial charge in [0.25, 0.3) is 0 Å². The van der Waals surface area contributed by atoms with Gasteiger partial charge in [-0.15, -0.1) is 0 Å². The van der Waals surface area contributed by atoms with Crippen molar-refractivity contribution in [1.82, 2.24) is 0 Å². The summed E-state index contributed by atoms with van der Waals surface area (Å²) in [6.07, 6.45) is 0.0672. The van der Waals surface area contributed by atoms with Gasteiger partial charge in [-0.25, -0.2) is 9.79 Å². The molecule has 0 aliphatic heterocycles. The van der Waals surface area contributed by atoms with E-state index in [1.165, 1.54) is 12.1 Å². The predicted molar refractivity (Wildman–Crippen MR) is 88.5 cm³/mol. The molecule has 5 nitrogen and oxygen atoms in total. The molecule has 0 aliphatic rings. The number of esters is 1. The first-order valence-electron chi connectivity index (χ1n) is 7.28. The number of phenolic OH excluding ortho intramolecular Hbond substituents is 1. The summed E-state index contributed by atoms with van der Waals surface area (Å²) in [5.74, 6) is 0.220. The van der Waals surface area contributed by atoms with Crippen LogP contribution in [0.3, 0.4) is 0 Å². The van der Waals surface area contributed by atoms with Gasteiger partial charge in [0.1, 0.15) is 17.1 Å². The zero-order chi connectivity index (χ0) is 16.8. The summed E-state index contributed by atoms with van der Waals surface area (Å²) in [5.41, 5.74) is 0.821. The molecule has 23 heavy (non-hydrogen) atoms. The molecule has 0 aliphatic carbocycles. The third kappa shape index (κ3) is 4.85. The Labute approximate surface area is 135 Å². The second-order valence-electron chi connectivity index (χ2n) is 5.20. The van der Waals surface area contributed by atoms with E-state index in [-0.39, 0.29) is 17.4 Å². The van der Waals surface area contributed by atoms with Gasteiger partial charge in [0, 0.05) is 6.92 Å². The third-order valence-electron chi connectivity index (χ3n) is 2.86. The Morgan fingerprint density at radius 2 is 1.74 bits per heavy atom. The minimum atomic E-state index is -0.612. The first-order valence-corrected chi connectivity index (χ1v) is 7.28. The second-order valence-corrected chi connectivity index (χ2v) is 5.20. The predicted octanol–water partition coefficient (Wildman–Crippen LogP) is 4.09. The van der Waals surface area contributed by atoms with E-state index in [9.17, 15) is 9.90 Å². The van der Waals surface area contributed by atoms with Crippen molar-refractivity contribution in [1.29, 1.82) is 0 Å². The lowest BCUT2D eigenvalue weighted by molar-refractivity contribution is 0.0731. The number of para-hydroxylation sites is 1. The number of ether oxygens (including phenoxy) is 2. The molecule has 5 heteroatoms. The maximum atomic E-state index is 12.0. The molecule has 2 aromatic carbocycles. The van der Waals surface area contributed by atoms with Crippen LogP contribution in [0.5, 0.6) is 11.5 Å². The molecule has 0 fully saturated rings. The fraction of sp³-hybridized carbons (Fsp3) is 0.222. The normalized spacial score (nSPS) is 11.4. The highest BCUT2D eigenvalue weighted by atomic mass is 16.5. The monoisotopic (exact) mass is 313 g/mol. The van der Waals surface area contributed by atoms with Crippen molar-refractivity contribution in [2.24, 2.45) is 4.99 Å². The topological polar surface area (TPSA) is 68.1 Å². The van der Waals surface area contributed by atoms with Crippen LogP contribution < -0.4 is 4.74 Å². The van der Waals surface area contributed by atoms with E-state index in [2.05, 4.69) is 4.99 Å². The fourth-order valence-electron chi connectivity index (χ4n) is 1.95. The van der Waals surface area contributed by atoms with Crippen LogP contribution in [0.15, 0.2) is 53.5 Å². The van der Waals surface area contributed by atoms with E-state index in [1.807, 2.05) is 13.8 Å². The van der Waals surface area contributed by atoms with E-state index >= 15 is 0 Å². The number of phenols is 1. The summed E-state index contributed by atoms with van der Waals surface area (Å²) in [6, 6.07) is 13.0. The molecule has 0 spiro atoms. The molecule has 0 aromatic heterocycles. The van der Waals surface area contributed by atoms with Crippen molar-refractivity contribution >= 4 is 17.6 Å². The van der Waals surface area contributed by atoms with Crippen LogP contribution in [0.25, 0.3) is 0 Å². The van der Waals surface area contributed by atoms with Crippen LogP contribution >= 0.6 is 0 Å². The lowest BCUT2D eigenvalue weighted by Gasteiger charge is -2.09. The van der Waals surface area contributed by atoms with Crippen LogP contribution in [-0.4, -0.2) is 23.1 Å². The highest BCUT2D eigenvalue weighted by molar-refractivity contribution is 5.93. The van der Waals surface area contributed by atoms with Crippen LogP contribution in [0.4, 0.5) is 5.69 Å². The number of aliphatic imine (C=N–C) groups is 1. The smallest absolute Gasteiger partial charge is 0.347 e. The van der Waals surface area contributed by atoms with Crippen LogP contribution in [0, 0.1) is 0 Å². The van der Waals surface area contributed by atoms with Gasteiger partial charge in [0.15, 0.2) is 5.90 Å². The Morgan fingerprint density at radius 3 is 2.35 bits per heavy atom. The number of nitrogens with zero attached hydrogens (tertiary/aromatic N) is 1. The fourth-order valence-corrected chi connectivity index (χ4v) is 1.95. The minimum Gasteiger partial charge on any atom is -0.507 e. The standard InChI is InChI=1S/C18H19NO4/c1-12(2)22-13(3)19-14-8-10-15(11-9-14)23-18(21)16-6-4-5-7-17(16)20/h4-12,20H,1-3H3. The first kappa shape index (κ1) is 16.5. The van der Waals surface area contributed by atoms with Gasteiger partial charge < -0.3 is 14.6 Å². The Hall–Kier alpha value is -2.82. The molecule has 0 bridgehead atoms. The summed E-state index contributed by atoms with van der Waals surface area (Å²) in [5, 5.41) is 9.64. The lowest BCUT2D eigenvalue weighted by Crippen LogP contribution is -2.08. The van der Waals surface area contributed by atoms with Crippen molar-refractivity contribution in [3.63, 3.8) is 0 Å². The van der Waals surface area contributed by atoms with Gasteiger partial charge in [-0.05, 0) is 50.2 Å². The molecule has 0 amide bonds. The molecule has 1 N–H and O–H groups in total. The average molecular weight is 313 g/mol. The Balaban J connectivity index is 2.06. The Kier molecular flexibility index (Phi) is 5.36. The van der Waals surface area contributed by atoms with Crippen molar-refractivity contribution in [2.75, 3.05) is 0 Å². The molecule has 120 valence electrons. The van der Waals surface area contributed by atoms with Crippen molar-refractivity contribution in [3.8, 4) is 11.5 Å². The SMILES string of the molecule is CC(=Nc1ccc(OC(=O)c2ccccc2O)cc1)OC(C)C. The van der Waals surface area contributed by atoms with Crippen molar-refractivity contribution in [2.45, 2.75) is 26.9 Å². The molecule has 2 aromatic rings. The molecule has 0 saturated heterocycles. The number of aromatic hydroxyl groups is 1. The summed E-state index contributed by atoms with van der Waals surface area (Å²) in [4.78, 5) is 16.3. The summed E-state index contributed by atoms with van der Waals surface area (Å²) < 4.78 is 10.7. The van der Waals surface area contributed by atoms with Gasteiger partial charge in [0.2, 0.25) is 0 Å². The van der Waals surface area contributed by atoms with Gasteiger partial charge in [-0.1, -0.05) is 12.1 Å². The minimum absolute atomic E-state index is 0.0672. The van der Waals surface area contributed by atoms with Crippen LogP contribution in [0.1, 0.15) is 31.1 Å². The molecular weight excluding hydrogens is 294 g/mol. The second kappa shape index (κ2) is 7.45. The third-order valence-corrected chi connectivity index (χ3v) is 2.86. The molecule has 0 atom stereocenters. The lowest BCUT2D eigenvalue weighted by atomic mass is 10.2. The quantitative estimate of drug-likeness (QED) is 0.399. The number of carbonyl (C=O) groups excluding carboxylic acids is 1. The number of carbonyl (C=O) groups is 1.